The van der Waals surface area contributed by atoms with Crippen LogP contribution < -0.4 is 15.4 Å². The van der Waals surface area contributed by atoms with E-state index in [2.05, 4.69) is 30.5 Å². The number of hydrogen-bond acceptors (Lipinski definition) is 2. The molecule has 0 saturated heterocycles. The van der Waals surface area contributed by atoms with E-state index in [0.29, 0.717) is 24.0 Å². The number of nitrogens with one attached hydrogen (secondary N) is 2. The smallest absolute Gasteiger partial charge is 0.319 e. The Balaban J connectivity index is 2.13. The van der Waals surface area contributed by atoms with E-state index in [4.69, 9.17) is 4.74 Å². The molecule has 0 aliphatic carbocycles. The Morgan fingerprint density at radius 1 is 1.08 bits per heavy atom. The summed E-state index contributed by atoms with van der Waals surface area (Å²) >= 11 is 0. The zero-order chi connectivity index (χ0) is 17.4. The topological polar surface area (TPSA) is 50.4 Å². The van der Waals surface area contributed by atoms with Crippen LogP contribution in [0.5, 0.6) is 5.75 Å². The second-order valence-electron chi connectivity index (χ2n) is 6.24. The molecule has 0 radical (unpaired) electrons. The van der Waals surface area contributed by atoms with Gasteiger partial charge in [0, 0.05) is 7.05 Å². The Kier molecular flexibility index (Phi) is 6.67. The van der Waals surface area contributed by atoms with Crippen LogP contribution in [0.4, 0.5) is 10.5 Å². The molecule has 0 aromatic heterocycles. The van der Waals surface area contributed by atoms with Crippen LogP contribution in [0.25, 0.3) is 0 Å². The number of rotatable bonds is 7. The standard InChI is InChI=1S/C20H26N2O2/c1-15(2)9-10-16-11-12-19(18(13-16)22-20(23)21-3)24-14-17-7-5-4-6-8-17/h4-8,11-13,15H,9-10,14H2,1-3H3,(H2,21,22,23). The molecule has 2 amide bonds. The average molecular weight is 326 g/mol. The summed E-state index contributed by atoms with van der Waals surface area (Å²) in [6.45, 7) is 4.89. The first kappa shape index (κ1) is 17.9. The maximum absolute atomic E-state index is 11.7. The normalized spacial score (nSPS) is 10.5. The molecule has 0 spiro atoms. The highest BCUT2D eigenvalue weighted by Crippen LogP contribution is 2.27. The van der Waals surface area contributed by atoms with E-state index < -0.39 is 0 Å². The molecule has 0 atom stereocenters. The predicted molar refractivity (Wildman–Crippen MR) is 98.5 cm³/mol. The first-order valence-corrected chi connectivity index (χ1v) is 8.37. The molecule has 0 heterocycles. The van der Waals surface area contributed by atoms with Gasteiger partial charge in [0.1, 0.15) is 12.4 Å². The highest BCUT2D eigenvalue weighted by molar-refractivity contribution is 5.90. The van der Waals surface area contributed by atoms with Crippen molar-refractivity contribution >= 4 is 11.7 Å². The van der Waals surface area contributed by atoms with Crippen LogP contribution in [0, 0.1) is 5.92 Å². The lowest BCUT2D eigenvalue weighted by Crippen LogP contribution is -2.24. The summed E-state index contributed by atoms with van der Waals surface area (Å²) in [6, 6.07) is 15.7. The fourth-order valence-electron chi connectivity index (χ4n) is 2.33. The summed E-state index contributed by atoms with van der Waals surface area (Å²) < 4.78 is 5.91. The second kappa shape index (κ2) is 8.96. The number of benzene rings is 2. The Hall–Kier alpha value is -2.49. The molecule has 2 rings (SSSR count). The molecule has 0 fully saturated rings. The van der Waals surface area contributed by atoms with E-state index >= 15 is 0 Å². The molecule has 0 bridgehead atoms. The number of carbonyl (C=O) groups is 1. The molecule has 4 nitrogen and oxygen atoms in total. The summed E-state index contributed by atoms with van der Waals surface area (Å²) in [5.74, 6) is 1.32. The fourth-order valence-corrected chi connectivity index (χ4v) is 2.33. The third-order valence-corrected chi connectivity index (χ3v) is 3.77. The van der Waals surface area contributed by atoms with Crippen LogP contribution in [0.15, 0.2) is 48.5 Å². The van der Waals surface area contributed by atoms with Gasteiger partial charge in [0.2, 0.25) is 0 Å². The first-order chi connectivity index (χ1) is 11.6. The van der Waals surface area contributed by atoms with Crippen molar-refractivity contribution in [2.45, 2.75) is 33.3 Å². The van der Waals surface area contributed by atoms with Crippen molar-refractivity contribution < 1.29 is 9.53 Å². The second-order valence-corrected chi connectivity index (χ2v) is 6.24. The number of ether oxygens (including phenoxy) is 1. The van der Waals surface area contributed by atoms with Crippen LogP contribution in [-0.4, -0.2) is 13.1 Å². The van der Waals surface area contributed by atoms with Gasteiger partial charge in [0.15, 0.2) is 0 Å². The minimum atomic E-state index is -0.249. The van der Waals surface area contributed by atoms with Gasteiger partial charge in [-0.2, -0.15) is 0 Å². The van der Waals surface area contributed by atoms with Gasteiger partial charge in [-0.1, -0.05) is 50.2 Å². The van der Waals surface area contributed by atoms with Crippen LogP contribution in [-0.2, 0) is 13.0 Å². The lowest BCUT2D eigenvalue weighted by molar-refractivity contribution is 0.253. The van der Waals surface area contributed by atoms with Crippen molar-refractivity contribution in [3.05, 3.63) is 59.7 Å². The van der Waals surface area contributed by atoms with Crippen molar-refractivity contribution in [2.75, 3.05) is 12.4 Å². The van der Waals surface area contributed by atoms with Crippen LogP contribution in [0.1, 0.15) is 31.4 Å². The van der Waals surface area contributed by atoms with Crippen molar-refractivity contribution in [2.24, 2.45) is 5.92 Å². The fraction of sp³-hybridized carbons (Fsp3) is 0.350. The Bertz CT molecular complexity index is 654. The molecular formula is C20H26N2O2. The molecule has 2 aromatic rings. The van der Waals surface area contributed by atoms with Gasteiger partial charge < -0.3 is 15.4 Å². The SMILES string of the molecule is CNC(=O)Nc1cc(CCC(C)C)ccc1OCc1ccccc1. The zero-order valence-electron chi connectivity index (χ0n) is 14.6. The van der Waals surface area contributed by atoms with Gasteiger partial charge in [-0.05, 0) is 42.0 Å². The van der Waals surface area contributed by atoms with E-state index in [1.54, 1.807) is 7.05 Å². The maximum atomic E-state index is 11.7. The Labute approximate surface area is 144 Å². The molecule has 0 aliphatic heterocycles. The van der Waals surface area contributed by atoms with Gasteiger partial charge in [0.05, 0.1) is 5.69 Å². The lowest BCUT2D eigenvalue weighted by atomic mass is 10.0. The molecule has 4 heteroatoms. The van der Waals surface area contributed by atoms with Crippen molar-refractivity contribution in [3.8, 4) is 5.75 Å². The van der Waals surface area contributed by atoms with E-state index in [1.807, 2.05) is 42.5 Å². The summed E-state index contributed by atoms with van der Waals surface area (Å²) in [7, 11) is 1.60. The summed E-state index contributed by atoms with van der Waals surface area (Å²) in [4.78, 5) is 11.7. The number of amides is 2. The van der Waals surface area contributed by atoms with Crippen molar-refractivity contribution in [1.29, 1.82) is 0 Å². The minimum Gasteiger partial charge on any atom is -0.487 e. The Morgan fingerprint density at radius 2 is 1.83 bits per heavy atom. The molecule has 0 aliphatic rings. The average Bonchev–Trinajstić information content (AvgIpc) is 2.59. The lowest BCUT2D eigenvalue weighted by Gasteiger charge is -2.14. The van der Waals surface area contributed by atoms with Crippen LogP contribution >= 0.6 is 0 Å². The number of aryl methyl sites for hydroxylation is 1. The third kappa shape index (κ3) is 5.61. The maximum Gasteiger partial charge on any atom is 0.319 e. The molecular weight excluding hydrogens is 300 g/mol. The largest absolute Gasteiger partial charge is 0.487 e. The Morgan fingerprint density at radius 3 is 2.50 bits per heavy atom. The number of urea groups is 1. The third-order valence-electron chi connectivity index (χ3n) is 3.77. The van der Waals surface area contributed by atoms with E-state index in [-0.39, 0.29) is 6.03 Å². The van der Waals surface area contributed by atoms with E-state index in [0.717, 1.165) is 18.4 Å². The van der Waals surface area contributed by atoms with Crippen LogP contribution in [0.3, 0.4) is 0 Å². The molecule has 2 N–H and O–H groups in total. The van der Waals surface area contributed by atoms with E-state index in [9.17, 15) is 4.79 Å². The monoisotopic (exact) mass is 326 g/mol. The number of carbonyl (C=O) groups excluding carboxylic acids is 1. The van der Waals surface area contributed by atoms with Gasteiger partial charge >= 0.3 is 6.03 Å². The predicted octanol–water partition coefficient (Wildman–Crippen LogP) is 4.61. The van der Waals surface area contributed by atoms with Crippen LogP contribution in [0.2, 0.25) is 0 Å². The van der Waals surface area contributed by atoms with E-state index in [1.165, 1.54) is 5.56 Å². The molecule has 0 unspecified atom stereocenters. The van der Waals surface area contributed by atoms with Gasteiger partial charge in [0.25, 0.3) is 0 Å². The molecule has 24 heavy (non-hydrogen) atoms. The molecule has 2 aromatic carbocycles. The first-order valence-electron chi connectivity index (χ1n) is 8.37. The minimum absolute atomic E-state index is 0.249. The highest BCUT2D eigenvalue weighted by Gasteiger charge is 2.09. The highest BCUT2D eigenvalue weighted by atomic mass is 16.5. The zero-order valence-corrected chi connectivity index (χ0v) is 14.6. The van der Waals surface area contributed by atoms with Gasteiger partial charge in [-0.25, -0.2) is 4.79 Å². The number of hydrogen-bond donors (Lipinski definition) is 2. The van der Waals surface area contributed by atoms with Gasteiger partial charge in [-0.3, -0.25) is 0 Å². The van der Waals surface area contributed by atoms with Crippen molar-refractivity contribution in [3.63, 3.8) is 0 Å². The number of anilines is 1. The van der Waals surface area contributed by atoms with Gasteiger partial charge in [-0.15, -0.1) is 0 Å². The summed E-state index contributed by atoms with van der Waals surface area (Å²) in [6.07, 6.45) is 2.10. The quantitative estimate of drug-likeness (QED) is 0.781. The van der Waals surface area contributed by atoms with Crippen molar-refractivity contribution in [1.82, 2.24) is 5.32 Å². The molecule has 0 saturated carbocycles. The molecule has 128 valence electrons. The summed E-state index contributed by atoms with van der Waals surface area (Å²) in [5.41, 5.74) is 2.99. The summed E-state index contributed by atoms with van der Waals surface area (Å²) in [5, 5.41) is 5.43.